The number of amides is 2. The van der Waals surface area contributed by atoms with Crippen LogP contribution in [0.4, 0.5) is 0 Å². The second kappa shape index (κ2) is 9.85. The van der Waals surface area contributed by atoms with Gasteiger partial charge < -0.3 is 5.11 Å². The fraction of sp³-hybridized carbons (Fsp3) is 0.231. The summed E-state index contributed by atoms with van der Waals surface area (Å²) < 4.78 is 0. The topological polar surface area (TPSA) is 99.6 Å². The number of rotatable bonds is 7. The number of carbonyl (C=O) groups excluding carboxylic acids is 3. The molecule has 1 aliphatic heterocycles. The van der Waals surface area contributed by atoms with Gasteiger partial charge in [0.05, 0.1) is 12.6 Å². The Labute approximate surface area is 192 Å². The Hall–Kier alpha value is -3.68. The molecule has 1 atom stereocenters. The lowest BCUT2D eigenvalue weighted by molar-refractivity contribution is -0.142. The molecule has 2 N–H and O–H groups in total. The molecule has 1 aliphatic rings. The number of aliphatic hydroxyl groups is 1. The molecule has 7 nitrogen and oxygen atoms in total. The second-order valence-electron chi connectivity index (χ2n) is 8.03. The van der Waals surface area contributed by atoms with Gasteiger partial charge >= 0.3 is 0 Å². The Balaban J connectivity index is 1.52. The number of nitrogens with zero attached hydrogens (tertiary/aromatic N) is 2. The molecule has 2 aromatic carbocycles. The lowest BCUT2D eigenvalue weighted by atomic mass is 9.85. The van der Waals surface area contributed by atoms with E-state index in [-0.39, 0.29) is 12.3 Å². The number of pyridine rings is 1. The number of ketones is 1. The molecule has 1 saturated heterocycles. The highest BCUT2D eigenvalue weighted by atomic mass is 16.3. The van der Waals surface area contributed by atoms with E-state index in [1.165, 1.54) is 0 Å². The van der Waals surface area contributed by atoms with Crippen LogP contribution in [0.15, 0.2) is 85.1 Å². The van der Waals surface area contributed by atoms with Gasteiger partial charge in [-0.05, 0) is 42.6 Å². The predicted molar refractivity (Wildman–Crippen MR) is 122 cm³/mol. The second-order valence-corrected chi connectivity index (χ2v) is 8.03. The Bertz CT molecular complexity index is 1080. The van der Waals surface area contributed by atoms with Crippen LogP contribution in [0.5, 0.6) is 0 Å². The molecule has 168 valence electrons. The molecule has 3 aromatic rings. The van der Waals surface area contributed by atoms with Gasteiger partial charge in [0.15, 0.2) is 11.4 Å². The lowest BCUT2D eigenvalue weighted by Crippen LogP contribution is -2.53. The van der Waals surface area contributed by atoms with Crippen molar-refractivity contribution in [2.45, 2.75) is 24.5 Å². The van der Waals surface area contributed by atoms with E-state index in [1.54, 1.807) is 90.0 Å². The first kappa shape index (κ1) is 22.5. The van der Waals surface area contributed by atoms with Crippen LogP contribution in [0, 0.1) is 0 Å². The number of hydrogen-bond acceptors (Lipinski definition) is 6. The summed E-state index contributed by atoms with van der Waals surface area (Å²) in [5.41, 5.74) is -0.988. The quantitative estimate of drug-likeness (QED) is 0.544. The van der Waals surface area contributed by atoms with Crippen molar-refractivity contribution >= 4 is 17.6 Å². The third-order valence-electron chi connectivity index (χ3n) is 5.91. The number of imide groups is 1. The first-order chi connectivity index (χ1) is 16.0. The molecule has 2 amide bonds. The summed E-state index contributed by atoms with van der Waals surface area (Å²) in [5, 5.41) is 13.9. The summed E-state index contributed by atoms with van der Waals surface area (Å²) in [6.07, 6.45) is 2.79. The summed E-state index contributed by atoms with van der Waals surface area (Å²) in [6, 6.07) is 21.5. The average Bonchev–Trinajstić information content (AvgIpc) is 3.33. The number of likely N-dealkylation sites (tertiary alicyclic amines) is 1. The molecule has 1 aromatic heterocycles. The Morgan fingerprint density at radius 2 is 1.55 bits per heavy atom. The maximum Gasteiger partial charge on any atom is 0.267 e. The van der Waals surface area contributed by atoms with E-state index in [0.717, 1.165) is 6.42 Å². The van der Waals surface area contributed by atoms with Gasteiger partial charge in [0, 0.05) is 6.20 Å². The summed E-state index contributed by atoms with van der Waals surface area (Å²) in [7, 11) is 0. The molecule has 0 aliphatic carbocycles. The first-order valence-electron chi connectivity index (χ1n) is 10.9. The minimum absolute atomic E-state index is 0.0327. The lowest BCUT2D eigenvalue weighted by Gasteiger charge is -2.29. The van der Waals surface area contributed by atoms with Gasteiger partial charge in [0.25, 0.3) is 5.91 Å². The third-order valence-corrected chi connectivity index (χ3v) is 5.91. The molecular formula is C26H25N3O4. The summed E-state index contributed by atoms with van der Waals surface area (Å²) >= 11 is 0. The molecule has 1 fully saturated rings. The Morgan fingerprint density at radius 3 is 2.12 bits per heavy atom. The summed E-state index contributed by atoms with van der Waals surface area (Å²) in [5.74, 6) is -1.55. The predicted octanol–water partition coefficient (Wildman–Crippen LogP) is 2.31. The van der Waals surface area contributed by atoms with Crippen molar-refractivity contribution in [3.8, 4) is 0 Å². The van der Waals surface area contributed by atoms with Crippen molar-refractivity contribution in [3.63, 3.8) is 0 Å². The first-order valence-corrected chi connectivity index (χ1v) is 10.9. The zero-order valence-electron chi connectivity index (χ0n) is 18.1. The van der Waals surface area contributed by atoms with Crippen LogP contribution in [0.2, 0.25) is 0 Å². The van der Waals surface area contributed by atoms with Crippen LogP contribution >= 0.6 is 0 Å². The number of benzene rings is 2. The van der Waals surface area contributed by atoms with E-state index >= 15 is 0 Å². The SMILES string of the molecule is O=C(CN1CCC[C@H]1C(=O)NC(=O)C(O)(c1ccccc1)c1ccccc1)c1ccccn1. The number of carbonyl (C=O) groups is 3. The van der Waals surface area contributed by atoms with Crippen molar-refractivity contribution in [2.24, 2.45) is 0 Å². The highest BCUT2D eigenvalue weighted by Gasteiger charge is 2.42. The maximum atomic E-state index is 13.3. The van der Waals surface area contributed by atoms with Gasteiger partial charge in [-0.3, -0.25) is 29.6 Å². The van der Waals surface area contributed by atoms with Gasteiger partial charge in [-0.2, -0.15) is 0 Å². The van der Waals surface area contributed by atoms with Crippen LogP contribution in [0.1, 0.15) is 34.5 Å². The Kier molecular flexibility index (Phi) is 6.72. The number of nitrogens with one attached hydrogen (secondary N) is 1. The van der Waals surface area contributed by atoms with Crippen LogP contribution in [0.25, 0.3) is 0 Å². The largest absolute Gasteiger partial charge is 0.372 e. The minimum atomic E-state index is -2.04. The fourth-order valence-electron chi connectivity index (χ4n) is 4.18. The van der Waals surface area contributed by atoms with Crippen molar-refractivity contribution in [2.75, 3.05) is 13.1 Å². The molecule has 2 heterocycles. The molecule has 0 spiro atoms. The monoisotopic (exact) mass is 443 g/mol. The highest BCUT2D eigenvalue weighted by Crippen LogP contribution is 2.30. The van der Waals surface area contributed by atoms with Crippen molar-refractivity contribution in [3.05, 3.63) is 102 Å². The van der Waals surface area contributed by atoms with E-state index in [0.29, 0.717) is 29.8 Å². The molecule has 0 unspecified atom stereocenters. The number of Topliss-reactive ketones (excluding diaryl/α,β-unsaturated/α-hetero) is 1. The van der Waals surface area contributed by atoms with Gasteiger partial charge in [-0.15, -0.1) is 0 Å². The van der Waals surface area contributed by atoms with E-state index in [9.17, 15) is 19.5 Å². The van der Waals surface area contributed by atoms with E-state index in [2.05, 4.69) is 10.3 Å². The summed E-state index contributed by atoms with van der Waals surface area (Å²) in [6.45, 7) is 0.595. The van der Waals surface area contributed by atoms with Crippen LogP contribution in [-0.4, -0.2) is 51.7 Å². The molecule has 4 rings (SSSR count). The maximum absolute atomic E-state index is 13.3. The van der Waals surface area contributed by atoms with Crippen molar-refractivity contribution in [1.82, 2.24) is 15.2 Å². The zero-order chi connectivity index (χ0) is 23.3. The number of hydrogen-bond donors (Lipinski definition) is 2. The molecule has 0 radical (unpaired) electrons. The third kappa shape index (κ3) is 4.74. The van der Waals surface area contributed by atoms with Gasteiger partial charge in [0.2, 0.25) is 5.91 Å². The van der Waals surface area contributed by atoms with E-state index in [1.807, 2.05) is 0 Å². The molecule has 33 heavy (non-hydrogen) atoms. The molecule has 0 saturated carbocycles. The van der Waals surface area contributed by atoms with Crippen LogP contribution in [-0.2, 0) is 15.2 Å². The fourth-order valence-corrected chi connectivity index (χ4v) is 4.18. The molecule has 7 heteroatoms. The average molecular weight is 444 g/mol. The zero-order valence-corrected chi connectivity index (χ0v) is 18.1. The highest BCUT2D eigenvalue weighted by molar-refractivity contribution is 6.03. The molecular weight excluding hydrogens is 418 g/mol. The van der Waals surface area contributed by atoms with Gasteiger partial charge in [-0.25, -0.2) is 0 Å². The molecule has 0 bridgehead atoms. The van der Waals surface area contributed by atoms with Crippen LogP contribution < -0.4 is 5.32 Å². The smallest absolute Gasteiger partial charge is 0.267 e. The van der Waals surface area contributed by atoms with Crippen molar-refractivity contribution in [1.29, 1.82) is 0 Å². The van der Waals surface area contributed by atoms with Crippen LogP contribution in [0.3, 0.4) is 0 Å². The van der Waals surface area contributed by atoms with Gasteiger partial charge in [-0.1, -0.05) is 66.7 Å². The number of aromatic nitrogens is 1. The standard InChI is InChI=1S/C26H25N3O4/c30-23(21-14-7-8-16-27-21)18-29-17-9-15-22(29)24(31)28-25(32)26(33,19-10-3-1-4-11-19)20-12-5-2-6-13-20/h1-8,10-14,16,22,33H,9,15,17-18H2,(H,28,31,32)/t22-/m0/s1. The Morgan fingerprint density at radius 1 is 0.939 bits per heavy atom. The minimum Gasteiger partial charge on any atom is -0.372 e. The summed E-state index contributed by atoms with van der Waals surface area (Å²) in [4.78, 5) is 44.8. The van der Waals surface area contributed by atoms with Crippen molar-refractivity contribution < 1.29 is 19.5 Å². The van der Waals surface area contributed by atoms with E-state index < -0.39 is 23.5 Å². The van der Waals surface area contributed by atoms with Gasteiger partial charge in [0.1, 0.15) is 5.69 Å². The normalized spacial score (nSPS) is 16.3. The van der Waals surface area contributed by atoms with E-state index in [4.69, 9.17) is 0 Å².